The highest BCUT2D eigenvalue weighted by molar-refractivity contribution is 5.94. The summed E-state index contributed by atoms with van der Waals surface area (Å²) in [4.78, 5) is 18.8. The van der Waals surface area contributed by atoms with E-state index in [4.69, 9.17) is 4.74 Å². The monoisotopic (exact) mass is 331 g/mol. The van der Waals surface area contributed by atoms with Crippen LogP contribution in [-0.4, -0.2) is 40.2 Å². The number of nitrogens with zero attached hydrogens (tertiary/aromatic N) is 3. The van der Waals surface area contributed by atoms with Crippen molar-refractivity contribution in [3.63, 3.8) is 0 Å². The Kier molecular flexibility index (Phi) is 4.83. The molecule has 1 aliphatic rings. The van der Waals surface area contributed by atoms with Gasteiger partial charge in [-0.1, -0.05) is 13.3 Å². The molecule has 2 heterocycles. The summed E-state index contributed by atoms with van der Waals surface area (Å²) in [5, 5.41) is 0. The molecule has 6 heteroatoms. The van der Waals surface area contributed by atoms with Gasteiger partial charge in [-0.05, 0) is 37.6 Å². The molecule has 128 valence electrons. The van der Waals surface area contributed by atoms with Crippen LogP contribution in [0.15, 0.2) is 24.3 Å². The Labute approximate surface area is 141 Å². The lowest BCUT2D eigenvalue weighted by molar-refractivity contribution is 0.0763. The van der Waals surface area contributed by atoms with E-state index >= 15 is 0 Å². The maximum absolute atomic E-state index is 12.5. The Bertz CT molecular complexity index is 725. The van der Waals surface area contributed by atoms with Gasteiger partial charge in [0.2, 0.25) is 5.82 Å². The van der Waals surface area contributed by atoms with E-state index in [1.807, 2.05) is 40.7 Å². The predicted octanol–water partition coefficient (Wildman–Crippen LogP) is 3.42. The molecule has 0 saturated heterocycles. The van der Waals surface area contributed by atoms with Crippen LogP contribution in [0.2, 0.25) is 0 Å². The minimum absolute atomic E-state index is 0.000647. The SMILES string of the molecule is CCCCN1Cn2c(nc(C)c2-c2ccc(OCCF)cc2)C1=O. The molecule has 0 N–H and O–H groups in total. The molecule has 5 nitrogen and oxygen atoms in total. The van der Waals surface area contributed by atoms with E-state index in [1.54, 1.807) is 0 Å². The Morgan fingerprint density at radius 1 is 1.29 bits per heavy atom. The second-order valence-corrected chi connectivity index (χ2v) is 5.92. The molecule has 0 radical (unpaired) electrons. The van der Waals surface area contributed by atoms with Gasteiger partial charge >= 0.3 is 0 Å². The lowest BCUT2D eigenvalue weighted by Crippen LogP contribution is -2.26. The number of alkyl halides is 1. The van der Waals surface area contributed by atoms with Crippen LogP contribution in [0.4, 0.5) is 4.39 Å². The van der Waals surface area contributed by atoms with Crippen LogP contribution in [0.3, 0.4) is 0 Å². The standard InChI is InChI=1S/C18H22FN3O2/c1-3-4-10-21-12-22-16(13(2)20-17(22)18(21)23)14-5-7-15(8-6-14)24-11-9-19/h5-8H,3-4,9-12H2,1-2H3. The number of ether oxygens (including phenoxy) is 1. The summed E-state index contributed by atoms with van der Waals surface area (Å²) in [5.41, 5.74) is 2.77. The van der Waals surface area contributed by atoms with Crippen LogP contribution in [0.25, 0.3) is 11.3 Å². The number of amides is 1. The number of hydrogen-bond donors (Lipinski definition) is 0. The van der Waals surface area contributed by atoms with E-state index in [0.29, 0.717) is 18.2 Å². The van der Waals surface area contributed by atoms with Crippen molar-refractivity contribution < 1.29 is 13.9 Å². The van der Waals surface area contributed by atoms with Crippen LogP contribution >= 0.6 is 0 Å². The molecule has 0 unspecified atom stereocenters. The summed E-state index contributed by atoms with van der Waals surface area (Å²) in [7, 11) is 0. The maximum Gasteiger partial charge on any atom is 0.291 e. The van der Waals surface area contributed by atoms with Gasteiger partial charge in [0.1, 0.15) is 19.0 Å². The van der Waals surface area contributed by atoms with Gasteiger partial charge in [0.25, 0.3) is 5.91 Å². The number of rotatable bonds is 7. The van der Waals surface area contributed by atoms with Crippen LogP contribution in [-0.2, 0) is 6.67 Å². The van der Waals surface area contributed by atoms with Crippen LogP contribution < -0.4 is 4.74 Å². The third kappa shape index (κ3) is 3.00. The van der Waals surface area contributed by atoms with Crippen LogP contribution in [0, 0.1) is 6.92 Å². The predicted molar refractivity (Wildman–Crippen MR) is 89.8 cm³/mol. The first-order valence-corrected chi connectivity index (χ1v) is 8.31. The first-order chi connectivity index (χ1) is 11.7. The average Bonchev–Trinajstić information content (AvgIpc) is 3.07. The average molecular weight is 331 g/mol. The Morgan fingerprint density at radius 3 is 2.71 bits per heavy atom. The second kappa shape index (κ2) is 7.03. The van der Waals surface area contributed by atoms with Crippen LogP contribution in [0.5, 0.6) is 5.75 Å². The largest absolute Gasteiger partial charge is 0.491 e. The molecule has 0 bridgehead atoms. The van der Waals surface area contributed by atoms with Crippen LogP contribution in [0.1, 0.15) is 36.1 Å². The summed E-state index contributed by atoms with van der Waals surface area (Å²) in [5.74, 6) is 1.15. The van der Waals surface area contributed by atoms with Gasteiger partial charge in [0.15, 0.2) is 0 Å². The van der Waals surface area contributed by atoms with Gasteiger partial charge in [-0.25, -0.2) is 9.37 Å². The van der Waals surface area contributed by atoms with E-state index < -0.39 is 6.67 Å². The smallest absolute Gasteiger partial charge is 0.291 e. The Balaban J connectivity index is 1.86. The molecular formula is C18H22FN3O2. The zero-order chi connectivity index (χ0) is 17.1. The number of unbranched alkanes of at least 4 members (excludes halogenated alkanes) is 1. The molecule has 0 spiro atoms. The molecule has 0 aliphatic carbocycles. The highest BCUT2D eigenvalue weighted by Crippen LogP contribution is 2.30. The van der Waals surface area contributed by atoms with Crippen molar-refractivity contribution in [2.75, 3.05) is 19.8 Å². The minimum Gasteiger partial charge on any atom is -0.491 e. The number of aromatic nitrogens is 2. The highest BCUT2D eigenvalue weighted by Gasteiger charge is 2.32. The molecule has 1 aromatic heterocycles. The lowest BCUT2D eigenvalue weighted by Gasteiger charge is -2.15. The number of halogens is 1. The van der Waals surface area contributed by atoms with Gasteiger partial charge in [-0.15, -0.1) is 0 Å². The lowest BCUT2D eigenvalue weighted by atomic mass is 10.1. The van der Waals surface area contributed by atoms with Crippen molar-refractivity contribution in [2.45, 2.75) is 33.4 Å². The molecule has 3 rings (SSSR count). The summed E-state index contributed by atoms with van der Waals surface area (Å²) >= 11 is 0. The number of carbonyl (C=O) groups excluding carboxylic acids is 1. The van der Waals surface area contributed by atoms with Crippen molar-refractivity contribution >= 4 is 5.91 Å². The zero-order valence-electron chi connectivity index (χ0n) is 14.1. The summed E-state index contributed by atoms with van der Waals surface area (Å²) in [6, 6.07) is 7.47. The van der Waals surface area contributed by atoms with E-state index in [1.165, 1.54) is 0 Å². The third-order valence-electron chi connectivity index (χ3n) is 4.19. The van der Waals surface area contributed by atoms with Crippen molar-refractivity contribution in [1.82, 2.24) is 14.5 Å². The van der Waals surface area contributed by atoms with Gasteiger partial charge < -0.3 is 14.2 Å². The molecule has 0 atom stereocenters. The molecule has 1 aliphatic heterocycles. The molecule has 1 amide bonds. The number of aryl methyl sites for hydroxylation is 1. The number of imidazole rings is 1. The maximum atomic E-state index is 12.5. The normalized spacial score (nSPS) is 13.5. The van der Waals surface area contributed by atoms with Gasteiger partial charge in [0, 0.05) is 12.1 Å². The Hall–Kier alpha value is -2.37. The first-order valence-electron chi connectivity index (χ1n) is 8.31. The molecule has 2 aromatic rings. The molecule has 24 heavy (non-hydrogen) atoms. The topological polar surface area (TPSA) is 47.4 Å². The molecular weight excluding hydrogens is 309 g/mol. The highest BCUT2D eigenvalue weighted by atomic mass is 19.1. The van der Waals surface area contributed by atoms with Crippen molar-refractivity contribution in [3.8, 4) is 17.0 Å². The summed E-state index contributed by atoms with van der Waals surface area (Å²) in [6.45, 7) is 4.88. The fourth-order valence-corrected chi connectivity index (χ4v) is 3.00. The van der Waals surface area contributed by atoms with E-state index in [9.17, 15) is 9.18 Å². The van der Waals surface area contributed by atoms with Crippen molar-refractivity contribution in [3.05, 3.63) is 35.8 Å². The molecule has 0 fully saturated rings. The first kappa shape index (κ1) is 16.5. The molecule has 0 saturated carbocycles. The van der Waals surface area contributed by atoms with Gasteiger partial charge in [-0.3, -0.25) is 4.79 Å². The number of fused-ring (bicyclic) bond motifs is 1. The van der Waals surface area contributed by atoms with E-state index in [2.05, 4.69) is 11.9 Å². The quantitative estimate of drug-likeness (QED) is 0.781. The van der Waals surface area contributed by atoms with E-state index in [0.717, 1.165) is 36.3 Å². The van der Waals surface area contributed by atoms with Crippen molar-refractivity contribution in [2.24, 2.45) is 0 Å². The fraction of sp³-hybridized carbons (Fsp3) is 0.444. The number of hydrogen-bond acceptors (Lipinski definition) is 3. The fourth-order valence-electron chi connectivity index (χ4n) is 3.00. The summed E-state index contributed by atoms with van der Waals surface area (Å²) < 4.78 is 19.4. The van der Waals surface area contributed by atoms with Crippen molar-refractivity contribution in [1.29, 1.82) is 0 Å². The van der Waals surface area contributed by atoms with E-state index in [-0.39, 0.29) is 12.5 Å². The minimum atomic E-state index is -0.507. The Morgan fingerprint density at radius 2 is 2.04 bits per heavy atom. The van der Waals surface area contributed by atoms with Gasteiger partial charge in [0.05, 0.1) is 18.1 Å². The number of carbonyl (C=O) groups is 1. The molecule has 1 aromatic carbocycles. The number of benzene rings is 1. The van der Waals surface area contributed by atoms with Gasteiger partial charge in [-0.2, -0.15) is 0 Å². The second-order valence-electron chi connectivity index (χ2n) is 5.92. The summed E-state index contributed by atoms with van der Waals surface area (Å²) in [6.07, 6.45) is 2.05. The zero-order valence-corrected chi connectivity index (χ0v) is 14.1. The third-order valence-corrected chi connectivity index (χ3v) is 4.19.